The molecule has 0 aliphatic carbocycles. The van der Waals surface area contributed by atoms with Gasteiger partial charge in [-0.25, -0.2) is 4.98 Å². The van der Waals surface area contributed by atoms with E-state index in [1.54, 1.807) is 12.3 Å². The van der Waals surface area contributed by atoms with Crippen molar-refractivity contribution in [3.63, 3.8) is 0 Å². The van der Waals surface area contributed by atoms with Gasteiger partial charge >= 0.3 is 0 Å². The first-order valence-corrected chi connectivity index (χ1v) is 8.77. The van der Waals surface area contributed by atoms with E-state index in [0.717, 1.165) is 32.2 Å². The van der Waals surface area contributed by atoms with Crippen molar-refractivity contribution < 1.29 is 14.3 Å². The molecule has 23 heavy (non-hydrogen) atoms. The van der Waals surface area contributed by atoms with E-state index in [0.29, 0.717) is 35.7 Å². The van der Waals surface area contributed by atoms with E-state index in [1.807, 2.05) is 4.90 Å². The van der Waals surface area contributed by atoms with E-state index >= 15 is 0 Å². The number of halogens is 1. The number of hydrogen-bond acceptors (Lipinski definition) is 4. The molecule has 126 valence electrons. The third-order valence-corrected chi connectivity index (χ3v) is 4.85. The highest BCUT2D eigenvalue weighted by Gasteiger charge is 2.27. The maximum atomic E-state index is 12.7. The Morgan fingerprint density at radius 2 is 2.35 bits per heavy atom. The Balaban J connectivity index is 1.72. The largest absolute Gasteiger partial charge is 0.471 e. The van der Waals surface area contributed by atoms with Gasteiger partial charge in [0.2, 0.25) is 5.88 Å². The minimum Gasteiger partial charge on any atom is -0.471 e. The second-order valence-corrected chi connectivity index (χ2v) is 6.58. The average Bonchev–Trinajstić information content (AvgIpc) is 3.09. The summed E-state index contributed by atoms with van der Waals surface area (Å²) in [5.74, 6) is 0.395. The molecule has 1 aromatic heterocycles. The first-order valence-electron chi connectivity index (χ1n) is 8.40. The Kier molecular flexibility index (Phi) is 5.38. The van der Waals surface area contributed by atoms with Crippen LogP contribution in [0.25, 0.3) is 0 Å². The molecule has 0 spiro atoms. The standard InChI is InChI=1S/C17H23ClN2O3/c1-2-13-5-3-4-7-20(13)17(21)12-9-15(18)16(19-10-12)23-14-6-8-22-11-14/h9-10,13-14H,2-8,11H2,1H3. The first-order chi connectivity index (χ1) is 11.2. The number of likely N-dealkylation sites (tertiary alicyclic amines) is 1. The number of rotatable bonds is 4. The molecule has 2 aliphatic rings. The van der Waals surface area contributed by atoms with Crippen molar-refractivity contribution in [1.29, 1.82) is 0 Å². The van der Waals surface area contributed by atoms with Gasteiger partial charge in [-0.1, -0.05) is 18.5 Å². The molecule has 5 nitrogen and oxygen atoms in total. The number of pyridine rings is 1. The number of amides is 1. The first kappa shape index (κ1) is 16.5. The van der Waals surface area contributed by atoms with E-state index in [9.17, 15) is 4.79 Å². The molecule has 6 heteroatoms. The smallest absolute Gasteiger partial charge is 0.255 e. The zero-order valence-corrected chi connectivity index (χ0v) is 14.2. The van der Waals surface area contributed by atoms with Crippen LogP contribution in [0.15, 0.2) is 12.3 Å². The number of piperidine rings is 1. The molecular formula is C17H23ClN2O3. The lowest BCUT2D eigenvalue weighted by Gasteiger charge is -2.35. The Morgan fingerprint density at radius 3 is 3.04 bits per heavy atom. The van der Waals surface area contributed by atoms with Crippen LogP contribution in [-0.2, 0) is 4.74 Å². The van der Waals surface area contributed by atoms with Gasteiger partial charge in [0.25, 0.3) is 5.91 Å². The third-order valence-electron chi connectivity index (χ3n) is 4.58. The number of carbonyl (C=O) groups excluding carboxylic acids is 1. The predicted molar refractivity (Wildman–Crippen MR) is 88.1 cm³/mol. The lowest BCUT2D eigenvalue weighted by atomic mass is 9.99. The molecule has 2 saturated heterocycles. The van der Waals surface area contributed by atoms with Crippen molar-refractivity contribution in [3.05, 3.63) is 22.8 Å². The molecule has 0 bridgehead atoms. The molecule has 3 heterocycles. The average molecular weight is 339 g/mol. The van der Waals surface area contributed by atoms with Crippen LogP contribution < -0.4 is 4.74 Å². The number of hydrogen-bond donors (Lipinski definition) is 0. The van der Waals surface area contributed by atoms with Gasteiger partial charge in [0, 0.05) is 25.2 Å². The quantitative estimate of drug-likeness (QED) is 0.845. The predicted octanol–water partition coefficient (Wildman–Crippen LogP) is 3.31. The van der Waals surface area contributed by atoms with E-state index in [2.05, 4.69) is 11.9 Å². The number of nitrogens with zero attached hydrogens (tertiary/aromatic N) is 2. The summed E-state index contributed by atoms with van der Waals surface area (Å²) in [6.07, 6.45) is 6.71. The van der Waals surface area contributed by atoms with Crippen LogP contribution in [0.3, 0.4) is 0 Å². The Morgan fingerprint density at radius 1 is 1.48 bits per heavy atom. The zero-order valence-electron chi connectivity index (χ0n) is 13.5. The Labute approximate surface area is 141 Å². The fraction of sp³-hybridized carbons (Fsp3) is 0.647. The normalized spacial score (nSPS) is 24.7. The van der Waals surface area contributed by atoms with E-state index in [-0.39, 0.29) is 12.0 Å². The van der Waals surface area contributed by atoms with Crippen LogP contribution in [-0.4, -0.2) is 47.7 Å². The maximum absolute atomic E-state index is 12.7. The summed E-state index contributed by atoms with van der Waals surface area (Å²) in [4.78, 5) is 19.0. The molecule has 0 aromatic carbocycles. The van der Waals surface area contributed by atoms with Crippen molar-refractivity contribution in [1.82, 2.24) is 9.88 Å². The zero-order chi connectivity index (χ0) is 16.2. The van der Waals surface area contributed by atoms with Crippen molar-refractivity contribution >= 4 is 17.5 Å². The molecule has 1 aromatic rings. The molecule has 0 radical (unpaired) electrons. The Bertz CT molecular complexity index is 561. The van der Waals surface area contributed by atoms with Crippen molar-refractivity contribution in [2.75, 3.05) is 19.8 Å². The summed E-state index contributed by atoms with van der Waals surface area (Å²) in [5, 5.41) is 0.382. The summed E-state index contributed by atoms with van der Waals surface area (Å²) in [7, 11) is 0. The molecule has 2 fully saturated rings. The second-order valence-electron chi connectivity index (χ2n) is 6.17. The van der Waals surface area contributed by atoms with Crippen molar-refractivity contribution in [3.8, 4) is 5.88 Å². The van der Waals surface area contributed by atoms with E-state index < -0.39 is 0 Å². The number of ether oxygens (including phenoxy) is 2. The van der Waals surface area contributed by atoms with Gasteiger partial charge in [0.1, 0.15) is 11.1 Å². The summed E-state index contributed by atoms with van der Waals surface area (Å²) >= 11 is 6.26. The SMILES string of the molecule is CCC1CCCCN1C(=O)c1cnc(OC2CCOC2)c(Cl)c1. The fourth-order valence-corrected chi connectivity index (χ4v) is 3.46. The molecule has 3 rings (SSSR count). The van der Waals surface area contributed by atoms with Crippen LogP contribution in [0, 0.1) is 0 Å². The molecule has 1 amide bonds. The van der Waals surface area contributed by atoms with Gasteiger partial charge < -0.3 is 14.4 Å². The van der Waals surface area contributed by atoms with Crippen LogP contribution in [0.4, 0.5) is 0 Å². The molecule has 0 N–H and O–H groups in total. The fourth-order valence-electron chi connectivity index (χ4n) is 3.25. The lowest BCUT2D eigenvalue weighted by molar-refractivity contribution is 0.0607. The van der Waals surface area contributed by atoms with Crippen LogP contribution >= 0.6 is 11.6 Å². The third kappa shape index (κ3) is 3.78. The molecule has 2 atom stereocenters. The van der Waals surface area contributed by atoms with Gasteiger partial charge in [0.15, 0.2) is 0 Å². The minimum absolute atomic E-state index is 0.00637. The van der Waals surface area contributed by atoms with Gasteiger partial charge in [-0.3, -0.25) is 4.79 Å². The highest BCUT2D eigenvalue weighted by atomic mass is 35.5. The van der Waals surface area contributed by atoms with Crippen LogP contribution in [0.5, 0.6) is 5.88 Å². The van der Waals surface area contributed by atoms with Crippen molar-refractivity contribution in [2.24, 2.45) is 0 Å². The lowest BCUT2D eigenvalue weighted by Crippen LogP contribution is -2.43. The summed E-state index contributed by atoms with van der Waals surface area (Å²) < 4.78 is 11.0. The topological polar surface area (TPSA) is 51.7 Å². The highest BCUT2D eigenvalue weighted by Crippen LogP contribution is 2.27. The summed E-state index contributed by atoms with van der Waals surface area (Å²) in [6.45, 7) is 4.20. The molecular weight excluding hydrogens is 316 g/mol. The van der Waals surface area contributed by atoms with Gasteiger partial charge in [0.05, 0.1) is 18.8 Å². The number of carbonyl (C=O) groups is 1. The molecule has 2 unspecified atom stereocenters. The van der Waals surface area contributed by atoms with Gasteiger partial charge in [-0.05, 0) is 31.7 Å². The van der Waals surface area contributed by atoms with Crippen LogP contribution in [0.2, 0.25) is 5.02 Å². The second kappa shape index (κ2) is 7.49. The summed E-state index contributed by atoms with van der Waals surface area (Å²) in [6, 6.07) is 1.99. The Hall–Kier alpha value is -1.33. The number of aromatic nitrogens is 1. The minimum atomic E-state index is -0.00637. The molecule has 2 aliphatic heterocycles. The van der Waals surface area contributed by atoms with Gasteiger partial charge in [-0.2, -0.15) is 0 Å². The summed E-state index contributed by atoms with van der Waals surface area (Å²) in [5.41, 5.74) is 0.533. The highest BCUT2D eigenvalue weighted by molar-refractivity contribution is 6.32. The van der Waals surface area contributed by atoms with E-state index in [1.165, 1.54) is 6.42 Å². The molecule has 0 saturated carbocycles. The maximum Gasteiger partial charge on any atom is 0.255 e. The monoisotopic (exact) mass is 338 g/mol. The van der Waals surface area contributed by atoms with Crippen molar-refractivity contribution in [2.45, 2.75) is 51.2 Å². The van der Waals surface area contributed by atoms with Gasteiger partial charge in [-0.15, -0.1) is 0 Å². The van der Waals surface area contributed by atoms with Crippen LogP contribution in [0.1, 0.15) is 49.4 Å². The van der Waals surface area contributed by atoms with E-state index in [4.69, 9.17) is 21.1 Å².